The molecule has 5 nitrogen and oxygen atoms in total. The SMILES string of the molecule is O=C(O)c1cccc(NC2CCN(Cc3ccc(Br)cc3)CC2)n1. The lowest BCUT2D eigenvalue weighted by Gasteiger charge is -2.32. The van der Waals surface area contributed by atoms with Crippen LogP contribution in [0.2, 0.25) is 0 Å². The average molecular weight is 390 g/mol. The summed E-state index contributed by atoms with van der Waals surface area (Å²) < 4.78 is 1.10. The molecule has 1 aromatic carbocycles. The van der Waals surface area contributed by atoms with Gasteiger partial charge in [-0.15, -0.1) is 0 Å². The molecule has 6 heteroatoms. The van der Waals surface area contributed by atoms with Crippen LogP contribution in [0, 0.1) is 0 Å². The van der Waals surface area contributed by atoms with Crippen LogP contribution in [-0.4, -0.2) is 40.1 Å². The molecule has 0 amide bonds. The number of carbonyl (C=O) groups is 1. The average Bonchev–Trinajstić information content (AvgIpc) is 2.59. The molecule has 126 valence electrons. The van der Waals surface area contributed by atoms with E-state index in [0.29, 0.717) is 11.9 Å². The Hall–Kier alpha value is -1.92. The summed E-state index contributed by atoms with van der Waals surface area (Å²) in [5.41, 5.74) is 1.40. The quantitative estimate of drug-likeness (QED) is 0.817. The Bertz CT molecular complexity index is 698. The predicted octanol–water partition coefficient (Wildman–Crippen LogP) is 3.62. The number of halogens is 1. The maximum Gasteiger partial charge on any atom is 0.354 e. The molecule has 0 saturated carbocycles. The van der Waals surface area contributed by atoms with Gasteiger partial charge in [0.05, 0.1) is 0 Å². The van der Waals surface area contributed by atoms with Gasteiger partial charge in [-0.3, -0.25) is 4.90 Å². The summed E-state index contributed by atoms with van der Waals surface area (Å²) in [6, 6.07) is 13.8. The summed E-state index contributed by atoms with van der Waals surface area (Å²) in [4.78, 5) is 17.6. The van der Waals surface area contributed by atoms with E-state index < -0.39 is 5.97 Å². The lowest BCUT2D eigenvalue weighted by atomic mass is 10.0. The first-order valence-corrected chi connectivity index (χ1v) is 8.83. The van der Waals surface area contributed by atoms with Gasteiger partial charge in [-0.2, -0.15) is 0 Å². The van der Waals surface area contributed by atoms with Crippen molar-refractivity contribution in [3.63, 3.8) is 0 Å². The van der Waals surface area contributed by atoms with E-state index in [0.717, 1.165) is 36.9 Å². The lowest BCUT2D eigenvalue weighted by molar-refractivity contribution is 0.0690. The first-order valence-electron chi connectivity index (χ1n) is 8.04. The van der Waals surface area contributed by atoms with Gasteiger partial charge in [0, 0.05) is 30.1 Å². The number of piperidine rings is 1. The summed E-state index contributed by atoms with van der Waals surface area (Å²) in [5, 5.41) is 12.4. The molecule has 1 aliphatic rings. The molecule has 0 atom stereocenters. The molecule has 0 bridgehead atoms. The van der Waals surface area contributed by atoms with Crippen LogP contribution in [-0.2, 0) is 6.54 Å². The van der Waals surface area contributed by atoms with Crippen LogP contribution >= 0.6 is 15.9 Å². The van der Waals surface area contributed by atoms with Crippen molar-refractivity contribution in [1.29, 1.82) is 0 Å². The Labute approximate surface area is 149 Å². The summed E-state index contributed by atoms with van der Waals surface area (Å²) in [7, 11) is 0. The molecule has 1 aromatic heterocycles. The highest BCUT2D eigenvalue weighted by Gasteiger charge is 2.19. The van der Waals surface area contributed by atoms with Gasteiger partial charge >= 0.3 is 5.97 Å². The molecule has 0 radical (unpaired) electrons. The van der Waals surface area contributed by atoms with Crippen molar-refractivity contribution in [3.05, 3.63) is 58.2 Å². The zero-order valence-corrected chi connectivity index (χ0v) is 14.9. The second-order valence-corrected chi connectivity index (χ2v) is 6.95. The largest absolute Gasteiger partial charge is 0.477 e. The number of hydrogen-bond donors (Lipinski definition) is 2. The van der Waals surface area contributed by atoms with Gasteiger partial charge in [0.25, 0.3) is 0 Å². The monoisotopic (exact) mass is 389 g/mol. The fourth-order valence-electron chi connectivity index (χ4n) is 2.93. The highest BCUT2D eigenvalue weighted by atomic mass is 79.9. The number of rotatable bonds is 5. The number of anilines is 1. The van der Waals surface area contributed by atoms with Crippen molar-refractivity contribution < 1.29 is 9.90 Å². The third-order valence-corrected chi connectivity index (χ3v) is 4.76. The molecular formula is C18H20BrN3O2. The van der Waals surface area contributed by atoms with Crippen LogP contribution in [0.5, 0.6) is 0 Å². The number of hydrogen-bond acceptors (Lipinski definition) is 4. The third-order valence-electron chi connectivity index (χ3n) is 4.23. The molecule has 0 spiro atoms. The van der Waals surface area contributed by atoms with E-state index in [4.69, 9.17) is 5.11 Å². The highest BCUT2D eigenvalue weighted by Crippen LogP contribution is 2.18. The number of aromatic carboxylic acids is 1. The topological polar surface area (TPSA) is 65.5 Å². The van der Waals surface area contributed by atoms with Crippen molar-refractivity contribution >= 4 is 27.7 Å². The minimum Gasteiger partial charge on any atom is -0.477 e. The normalized spacial score (nSPS) is 16.0. The van der Waals surface area contributed by atoms with Gasteiger partial charge in [-0.05, 0) is 42.7 Å². The van der Waals surface area contributed by atoms with Gasteiger partial charge < -0.3 is 10.4 Å². The summed E-state index contributed by atoms with van der Waals surface area (Å²) in [6.45, 7) is 3.01. The molecule has 1 saturated heterocycles. The highest BCUT2D eigenvalue weighted by molar-refractivity contribution is 9.10. The molecule has 1 aliphatic heterocycles. The molecule has 1 fully saturated rings. The zero-order chi connectivity index (χ0) is 16.9. The van der Waals surface area contributed by atoms with E-state index in [1.54, 1.807) is 6.07 Å². The fraction of sp³-hybridized carbons (Fsp3) is 0.333. The Morgan fingerprint density at radius 3 is 2.58 bits per heavy atom. The van der Waals surface area contributed by atoms with E-state index in [1.807, 2.05) is 6.07 Å². The minimum atomic E-state index is -0.997. The Kier molecular flexibility index (Phi) is 5.48. The minimum absolute atomic E-state index is 0.0766. The van der Waals surface area contributed by atoms with Crippen molar-refractivity contribution in [1.82, 2.24) is 9.88 Å². The summed E-state index contributed by atoms with van der Waals surface area (Å²) in [6.07, 6.45) is 2.05. The van der Waals surface area contributed by atoms with Gasteiger partial charge in [0.1, 0.15) is 5.82 Å². The first kappa shape index (κ1) is 16.9. The van der Waals surface area contributed by atoms with Crippen LogP contribution in [0.3, 0.4) is 0 Å². The fourth-order valence-corrected chi connectivity index (χ4v) is 3.19. The Balaban J connectivity index is 1.51. The molecule has 2 heterocycles. The summed E-state index contributed by atoms with van der Waals surface area (Å²) in [5.74, 6) is -0.357. The lowest BCUT2D eigenvalue weighted by Crippen LogP contribution is -2.38. The Morgan fingerprint density at radius 2 is 1.92 bits per heavy atom. The molecule has 2 aromatic rings. The molecule has 24 heavy (non-hydrogen) atoms. The maximum absolute atomic E-state index is 11.0. The molecule has 0 aliphatic carbocycles. The molecular weight excluding hydrogens is 370 g/mol. The van der Waals surface area contributed by atoms with E-state index >= 15 is 0 Å². The van der Waals surface area contributed by atoms with Crippen molar-refractivity contribution in [3.8, 4) is 0 Å². The van der Waals surface area contributed by atoms with Crippen molar-refractivity contribution in [2.75, 3.05) is 18.4 Å². The van der Waals surface area contributed by atoms with Crippen LogP contribution in [0.1, 0.15) is 28.9 Å². The summed E-state index contributed by atoms with van der Waals surface area (Å²) >= 11 is 3.46. The number of carboxylic acids is 1. The number of nitrogens with zero attached hydrogens (tertiary/aromatic N) is 2. The number of benzene rings is 1. The second kappa shape index (κ2) is 7.77. The van der Waals surface area contributed by atoms with Gasteiger partial charge in [0.15, 0.2) is 5.69 Å². The standard InChI is InChI=1S/C18H20BrN3O2/c19-14-6-4-13(5-7-14)12-22-10-8-15(9-11-22)20-17-3-1-2-16(21-17)18(23)24/h1-7,15H,8-12H2,(H,20,21)(H,23,24). The van der Waals surface area contributed by atoms with Crippen molar-refractivity contribution in [2.24, 2.45) is 0 Å². The predicted molar refractivity (Wildman–Crippen MR) is 97.3 cm³/mol. The van der Waals surface area contributed by atoms with Gasteiger partial charge in [-0.1, -0.05) is 34.1 Å². The van der Waals surface area contributed by atoms with Crippen LogP contribution in [0.15, 0.2) is 46.9 Å². The van der Waals surface area contributed by atoms with E-state index in [9.17, 15) is 4.79 Å². The second-order valence-electron chi connectivity index (χ2n) is 6.03. The smallest absolute Gasteiger partial charge is 0.354 e. The first-order chi connectivity index (χ1) is 11.6. The zero-order valence-electron chi connectivity index (χ0n) is 13.3. The van der Waals surface area contributed by atoms with E-state index in [1.165, 1.54) is 11.6 Å². The molecule has 2 N–H and O–H groups in total. The molecule has 0 unspecified atom stereocenters. The molecule has 3 rings (SSSR count). The number of likely N-dealkylation sites (tertiary alicyclic amines) is 1. The number of nitrogens with one attached hydrogen (secondary N) is 1. The third kappa shape index (κ3) is 4.55. The van der Waals surface area contributed by atoms with Crippen LogP contribution in [0.4, 0.5) is 5.82 Å². The number of aromatic nitrogens is 1. The maximum atomic E-state index is 11.0. The number of pyridine rings is 1. The Morgan fingerprint density at radius 1 is 1.21 bits per heavy atom. The van der Waals surface area contributed by atoms with E-state index in [-0.39, 0.29) is 5.69 Å². The van der Waals surface area contributed by atoms with E-state index in [2.05, 4.69) is 55.4 Å². The van der Waals surface area contributed by atoms with Gasteiger partial charge in [-0.25, -0.2) is 9.78 Å². The van der Waals surface area contributed by atoms with Gasteiger partial charge in [0.2, 0.25) is 0 Å². The van der Waals surface area contributed by atoms with Crippen LogP contribution in [0.25, 0.3) is 0 Å². The number of carboxylic acid groups (broad SMARTS) is 1. The van der Waals surface area contributed by atoms with Crippen LogP contribution < -0.4 is 5.32 Å². The van der Waals surface area contributed by atoms with Crippen molar-refractivity contribution in [2.45, 2.75) is 25.4 Å².